The van der Waals surface area contributed by atoms with Crippen LogP contribution in [0.15, 0.2) is 53.6 Å². The minimum Gasteiger partial charge on any atom is -0.294 e. The van der Waals surface area contributed by atoms with Crippen molar-refractivity contribution in [2.45, 2.75) is 32.6 Å². The number of hydrogen-bond donors (Lipinski definition) is 0. The molecule has 0 fully saturated rings. The van der Waals surface area contributed by atoms with Crippen molar-refractivity contribution in [1.29, 1.82) is 0 Å². The van der Waals surface area contributed by atoms with Crippen molar-refractivity contribution in [3.05, 3.63) is 59.2 Å². The van der Waals surface area contributed by atoms with Crippen LogP contribution in [0.25, 0.3) is 0 Å². The van der Waals surface area contributed by atoms with E-state index in [1.165, 1.54) is 5.57 Å². The lowest BCUT2D eigenvalue weighted by Crippen LogP contribution is -2.13. The summed E-state index contributed by atoms with van der Waals surface area (Å²) in [5.41, 5.74) is 3.01. The molecule has 19 heavy (non-hydrogen) atoms. The number of alkyl halides is 1. The Hall–Kier alpha value is -1.34. The summed E-state index contributed by atoms with van der Waals surface area (Å²) in [5, 5.41) is -0.151. The Morgan fingerprint density at radius 2 is 1.84 bits per heavy atom. The second kappa shape index (κ2) is 5.34. The molecule has 1 aromatic rings. The van der Waals surface area contributed by atoms with Crippen molar-refractivity contribution >= 4 is 17.4 Å². The highest BCUT2D eigenvalue weighted by Gasteiger charge is 2.27. The van der Waals surface area contributed by atoms with E-state index in [9.17, 15) is 4.79 Å². The molecule has 1 aliphatic rings. The van der Waals surface area contributed by atoms with E-state index in [2.05, 4.69) is 26.8 Å². The average Bonchev–Trinajstić information content (AvgIpc) is 2.72. The van der Waals surface area contributed by atoms with Gasteiger partial charge in [-0.1, -0.05) is 63.3 Å². The second-order valence-electron chi connectivity index (χ2n) is 5.92. The summed E-state index contributed by atoms with van der Waals surface area (Å²) >= 11 is 6.31. The lowest BCUT2D eigenvalue weighted by atomic mass is 9.83. The maximum atomic E-state index is 12.3. The quantitative estimate of drug-likeness (QED) is 0.573. The molecule has 0 heterocycles. The first-order valence-corrected chi connectivity index (χ1v) is 6.97. The van der Waals surface area contributed by atoms with Gasteiger partial charge in [-0.05, 0) is 16.6 Å². The number of allylic oxidation sites excluding steroid dienone is 4. The van der Waals surface area contributed by atoms with E-state index in [-0.39, 0.29) is 16.6 Å². The van der Waals surface area contributed by atoms with Crippen LogP contribution in [-0.2, 0) is 0 Å². The van der Waals surface area contributed by atoms with E-state index in [4.69, 9.17) is 11.6 Å². The van der Waals surface area contributed by atoms with Crippen LogP contribution >= 0.6 is 11.6 Å². The number of carbonyl (C=O) groups excluding carboxylic acids is 1. The van der Waals surface area contributed by atoms with Crippen LogP contribution in [-0.4, -0.2) is 11.2 Å². The third-order valence-electron chi connectivity index (χ3n) is 3.37. The SMILES string of the molecule is CC(C)(C)C1=C(CC(=O)c2ccccc2)C(Cl)C=C1. The van der Waals surface area contributed by atoms with E-state index in [1.54, 1.807) is 0 Å². The van der Waals surface area contributed by atoms with Crippen LogP contribution < -0.4 is 0 Å². The van der Waals surface area contributed by atoms with E-state index in [1.807, 2.05) is 36.4 Å². The van der Waals surface area contributed by atoms with Crippen molar-refractivity contribution in [2.24, 2.45) is 5.41 Å². The van der Waals surface area contributed by atoms with Gasteiger partial charge in [0.25, 0.3) is 0 Å². The Morgan fingerprint density at radius 1 is 1.21 bits per heavy atom. The molecular weight excluding hydrogens is 256 g/mol. The van der Waals surface area contributed by atoms with Gasteiger partial charge in [0.1, 0.15) is 0 Å². The van der Waals surface area contributed by atoms with Gasteiger partial charge in [-0.15, -0.1) is 11.6 Å². The molecule has 0 amide bonds. The molecule has 0 aromatic heterocycles. The van der Waals surface area contributed by atoms with Gasteiger partial charge >= 0.3 is 0 Å². The minimum atomic E-state index is -0.151. The van der Waals surface area contributed by atoms with Crippen molar-refractivity contribution in [3.63, 3.8) is 0 Å². The van der Waals surface area contributed by atoms with Gasteiger partial charge in [0, 0.05) is 12.0 Å². The molecule has 1 atom stereocenters. The largest absolute Gasteiger partial charge is 0.294 e. The predicted octanol–water partition coefficient (Wildman–Crippen LogP) is 4.78. The Morgan fingerprint density at radius 3 is 2.42 bits per heavy atom. The van der Waals surface area contributed by atoms with Crippen LogP contribution in [0.3, 0.4) is 0 Å². The number of benzene rings is 1. The molecule has 0 radical (unpaired) electrons. The van der Waals surface area contributed by atoms with Crippen molar-refractivity contribution < 1.29 is 4.79 Å². The monoisotopic (exact) mass is 274 g/mol. The maximum Gasteiger partial charge on any atom is 0.166 e. The number of Topliss-reactive ketones (excluding diaryl/α,β-unsaturated/α-hetero) is 1. The highest BCUT2D eigenvalue weighted by Crippen LogP contribution is 2.38. The van der Waals surface area contributed by atoms with Gasteiger partial charge < -0.3 is 0 Å². The third kappa shape index (κ3) is 3.16. The van der Waals surface area contributed by atoms with Gasteiger partial charge in [-0.3, -0.25) is 4.79 Å². The summed E-state index contributed by atoms with van der Waals surface area (Å²) in [7, 11) is 0. The first-order chi connectivity index (χ1) is 8.89. The van der Waals surface area contributed by atoms with Crippen molar-refractivity contribution in [3.8, 4) is 0 Å². The lowest BCUT2D eigenvalue weighted by molar-refractivity contribution is 0.0992. The molecule has 0 bridgehead atoms. The van der Waals surface area contributed by atoms with E-state index < -0.39 is 0 Å². The van der Waals surface area contributed by atoms with Gasteiger partial charge in [0.15, 0.2) is 5.78 Å². The van der Waals surface area contributed by atoms with Crippen LogP contribution in [0.2, 0.25) is 0 Å². The minimum absolute atomic E-state index is 0.0203. The molecule has 0 spiro atoms. The average molecular weight is 275 g/mol. The lowest BCUT2D eigenvalue weighted by Gasteiger charge is -2.22. The molecule has 1 unspecified atom stereocenters. The molecule has 100 valence electrons. The normalized spacial score (nSPS) is 19.1. The molecule has 1 nitrogen and oxygen atoms in total. The predicted molar refractivity (Wildman–Crippen MR) is 80.7 cm³/mol. The summed E-state index contributed by atoms with van der Waals surface area (Å²) in [6.07, 6.45) is 4.43. The van der Waals surface area contributed by atoms with Crippen LogP contribution in [0.5, 0.6) is 0 Å². The van der Waals surface area contributed by atoms with Crippen molar-refractivity contribution in [2.75, 3.05) is 0 Å². The molecule has 0 N–H and O–H groups in total. The highest BCUT2D eigenvalue weighted by atomic mass is 35.5. The summed E-state index contributed by atoms with van der Waals surface area (Å²) in [6, 6.07) is 9.39. The molecule has 1 aromatic carbocycles. The first-order valence-electron chi connectivity index (χ1n) is 6.53. The zero-order valence-corrected chi connectivity index (χ0v) is 12.4. The number of hydrogen-bond acceptors (Lipinski definition) is 1. The van der Waals surface area contributed by atoms with Gasteiger partial charge in [-0.25, -0.2) is 0 Å². The van der Waals surface area contributed by atoms with E-state index >= 15 is 0 Å². The molecular formula is C17H19ClO. The summed E-state index contributed by atoms with van der Waals surface area (Å²) < 4.78 is 0. The fourth-order valence-corrected chi connectivity index (χ4v) is 2.64. The van der Waals surface area contributed by atoms with Gasteiger partial charge in [-0.2, -0.15) is 0 Å². The first kappa shape index (κ1) is 14.1. The molecule has 1 aliphatic carbocycles. The zero-order chi connectivity index (χ0) is 14.0. The topological polar surface area (TPSA) is 17.1 Å². The number of halogens is 1. The second-order valence-corrected chi connectivity index (χ2v) is 6.39. The zero-order valence-electron chi connectivity index (χ0n) is 11.6. The van der Waals surface area contributed by atoms with Crippen LogP contribution in [0, 0.1) is 5.41 Å². The third-order valence-corrected chi connectivity index (χ3v) is 3.77. The Kier molecular flexibility index (Phi) is 3.96. The highest BCUT2D eigenvalue weighted by molar-refractivity contribution is 6.24. The summed E-state index contributed by atoms with van der Waals surface area (Å²) in [4.78, 5) is 12.3. The van der Waals surface area contributed by atoms with Crippen molar-refractivity contribution in [1.82, 2.24) is 0 Å². The number of rotatable bonds is 3. The molecule has 0 saturated carbocycles. The Bertz CT molecular complexity index is 532. The smallest absolute Gasteiger partial charge is 0.166 e. The van der Waals surface area contributed by atoms with Gasteiger partial charge in [0.05, 0.1) is 5.38 Å². The molecule has 2 rings (SSSR count). The Balaban J connectivity index is 2.25. The van der Waals surface area contributed by atoms with E-state index in [0.717, 1.165) is 11.1 Å². The number of ketones is 1. The molecule has 0 saturated heterocycles. The molecule has 0 aliphatic heterocycles. The van der Waals surface area contributed by atoms with Crippen LogP contribution in [0.1, 0.15) is 37.6 Å². The summed E-state index contributed by atoms with van der Waals surface area (Å²) in [5.74, 6) is 0.131. The maximum absolute atomic E-state index is 12.3. The fraction of sp³-hybridized carbons (Fsp3) is 0.353. The fourth-order valence-electron chi connectivity index (χ4n) is 2.38. The van der Waals surface area contributed by atoms with Crippen LogP contribution in [0.4, 0.5) is 0 Å². The standard InChI is InChI=1S/C17H19ClO/c1-17(2,3)14-9-10-15(18)13(14)11-16(19)12-7-5-4-6-8-12/h4-10,15H,11H2,1-3H3. The Labute approximate surface area is 120 Å². The summed E-state index contributed by atoms with van der Waals surface area (Å²) in [6.45, 7) is 6.44. The van der Waals surface area contributed by atoms with E-state index in [0.29, 0.717) is 6.42 Å². The molecule has 2 heteroatoms. The number of carbonyl (C=O) groups is 1. The van der Waals surface area contributed by atoms with Gasteiger partial charge in [0.2, 0.25) is 0 Å².